The molecule has 0 aliphatic carbocycles. The summed E-state index contributed by atoms with van der Waals surface area (Å²) < 4.78 is 1.80. The second-order valence-electron chi connectivity index (χ2n) is 8.62. The van der Waals surface area contributed by atoms with E-state index in [-0.39, 0.29) is 14.3 Å². The molecule has 0 aromatic rings. The van der Waals surface area contributed by atoms with Gasteiger partial charge in [-0.1, -0.05) is 0 Å². The number of hydrogen-bond donors (Lipinski definition) is 0. The summed E-state index contributed by atoms with van der Waals surface area (Å²) in [5, 5.41) is 0. The maximum absolute atomic E-state index is 2.45. The van der Waals surface area contributed by atoms with E-state index < -0.39 is 22.7 Å². The van der Waals surface area contributed by atoms with Gasteiger partial charge in [0.2, 0.25) is 0 Å². The third kappa shape index (κ3) is 11.0. The molecule has 0 saturated heterocycles. The molecular formula is C15H36GePb. The molecule has 0 fully saturated rings. The van der Waals surface area contributed by atoms with Gasteiger partial charge in [-0.25, -0.2) is 0 Å². The topological polar surface area (TPSA) is 0 Å². The monoisotopic (exact) mass is 498 g/mol. The van der Waals surface area contributed by atoms with Crippen molar-refractivity contribution in [1.29, 1.82) is 0 Å². The van der Waals surface area contributed by atoms with E-state index in [1.807, 2.05) is 0 Å². The second kappa shape index (κ2) is 7.30. The van der Waals surface area contributed by atoms with Gasteiger partial charge in [-0.2, -0.15) is 0 Å². The fraction of sp³-hybridized carbons (Fsp3) is 1.00. The molecule has 2 heteroatoms. The first kappa shape index (κ1) is 20.8. The summed E-state index contributed by atoms with van der Waals surface area (Å²) in [7, 11) is 0. The zero-order valence-electron chi connectivity index (χ0n) is 14.5. The van der Waals surface area contributed by atoms with Crippen LogP contribution in [-0.4, -0.2) is 37.1 Å². The quantitative estimate of drug-likeness (QED) is 0.348. The molecule has 0 nitrogen and oxygen atoms in total. The first-order valence-corrected chi connectivity index (χ1v) is 18.9. The van der Waals surface area contributed by atoms with Crippen LogP contribution in [0.4, 0.5) is 0 Å². The molecule has 0 atom stereocenters. The molecule has 17 heavy (non-hydrogen) atoms. The van der Waals surface area contributed by atoms with E-state index in [1.54, 1.807) is 0 Å². The van der Waals surface area contributed by atoms with Crippen molar-refractivity contribution in [3.8, 4) is 0 Å². The van der Waals surface area contributed by atoms with Crippen LogP contribution in [0.15, 0.2) is 0 Å². The standard InChI is InChI=1S/3C4H9.C3H9Ge.Pb/c4*1-4(2)3;/h4*1-3H3;. The van der Waals surface area contributed by atoms with E-state index in [9.17, 15) is 0 Å². The zero-order valence-corrected chi connectivity index (χ0v) is 20.5. The van der Waals surface area contributed by atoms with Crippen molar-refractivity contribution in [2.75, 3.05) is 0 Å². The maximum atomic E-state index is 2.45. The van der Waals surface area contributed by atoms with Crippen molar-refractivity contribution >= 4 is 37.1 Å². The summed E-state index contributed by atoms with van der Waals surface area (Å²) in [5.41, 5.74) is 0. The van der Waals surface area contributed by atoms with Crippen LogP contribution >= 0.6 is 0 Å². The average Bonchev–Trinajstić information content (AvgIpc) is 1.69. The van der Waals surface area contributed by atoms with E-state index in [0.29, 0.717) is 8.92 Å². The molecule has 0 spiro atoms. The van der Waals surface area contributed by atoms with Crippen LogP contribution in [0.5, 0.6) is 0 Å². The van der Waals surface area contributed by atoms with E-state index in [1.165, 1.54) is 0 Å². The van der Waals surface area contributed by atoms with E-state index in [4.69, 9.17) is 0 Å². The van der Waals surface area contributed by atoms with Gasteiger partial charge in [0.25, 0.3) is 0 Å². The molecule has 0 amide bonds. The van der Waals surface area contributed by atoms with Crippen LogP contribution in [0.3, 0.4) is 0 Å². The van der Waals surface area contributed by atoms with Crippen molar-refractivity contribution < 1.29 is 0 Å². The van der Waals surface area contributed by atoms with E-state index in [2.05, 4.69) is 79.6 Å². The van der Waals surface area contributed by atoms with E-state index >= 15 is 0 Å². The summed E-state index contributed by atoms with van der Waals surface area (Å²) in [4.78, 5) is 0. The Balaban J connectivity index is 0. The normalized spacial score (nSPS) is 13.8. The molecule has 0 saturated carbocycles. The summed E-state index contributed by atoms with van der Waals surface area (Å²) in [6, 6.07) is 0. The SMILES string of the molecule is C[C](C)(C)[Pb]([C](C)(C)C)[C](C)(C)C.[CH3][Ge]([CH3])[CH3]. The van der Waals surface area contributed by atoms with Crippen molar-refractivity contribution in [3.05, 3.63) is 0 Å². The number of hydrogen-bond acceptors (Lipinski definition) is 0. The molecule has 0 aliphatic heterocycles. The van der Waals surface area contributed by atoms with Gasteiger partial charge >= 0.3 is 126 Å². The molecule has 0 N–H and O–H groups in total. The number of rotatable bonds is 0. The second-order valence-corrected chi connectivity index (χ2v) is 35.3. The van der Waals surface area contributed by atoms with Crippen molar-refractivity contribution in [2.24, 2.45) is 0 Å². The molecule has 0 aromatic heterocycles. The Bertz CT molecular complexity index is 164. The molecular weight excluding hydrogens is 460 g/mol. The first-order valence-electron chi connectivity index (χ1n) is 6.75. The van der Waals surface area contributed by atoms with Crippen LogP contribution in [0, 0.1) is 0 Å². The molecule has 0 unspecified atom stereocenters. The Morgan fingerprint density at radius 1 is 0.529 bits per heavy atom. The van der Waals surface area contributed by atoms with Crippen LogP contribution in [0.25, 0.3) is 0 Å². The predicted molar refractivity (Wildman–Crippen MR) is 88.2 cm³/mol. The van der Waals surface area contributed by atoms with Gasteiger partial charge in [0, 0.05) is 0 Å². The van der Waals surface area contributed by atoms with Crippen molar-refractivity contribution in [1.82, 2.24) is 0 Å². The van der Waals surface area contributed by atoms with Gasteiger partial charge in [0.05, 0.1) is 0 Å². The molecule has 0 aliphatic rings. The predicted octanol–water partition coefficient (Wildman–Crippen LogP) is 6.25. The van der Waals surface area contributed by atoms with Crippen LogP contribution in [0.1, 0.15) is 62.3 Å². The fourth-order valence-electron chi connectivity index (χ4n) is 3.38. The Morgan fingerprint density at radius 2 is 0.647 bits per heavy atom. The average molecular weight is 496 g/mol. The third-order valence-electron chi connectivity index (χ3n) is 2.25. The summed E-state index contributed by atoms with van der Waals surface area (Å²) in [6.07, 6.45) is 0. The first-order chi connectivity index (χ1) is 7.10. The van der Waals surface area contributed by atoms with Crippen molar-refractivity contribution in [3.63, 3.8) is 0 Å². The minimum atomic E-state index is -1.61. The Labute approximate surface area is 125 Å². The van der Waals surface area contributed by atoms with Gasteiger partial charge < -0.3 is 0 Å². The van der Waals surface area contributed by atoms with Gasteiger partial charge in [-0.05, 0) is 0 Å². The van der Waals surface area contributed by atoms with Gasteiger partial charge in [0.1, 0.15) is 0 Å². The Morgan fingerprint density at radius 3 is 0.647 bits per heavy atom. The molecule has 2 radical (unpaired) electrons. The fourth-order valence-corrected chi connectivity index (χ4v) is 29.6. The van der Waals surface area contributed by atoms with Crippen molar-refractivity contribution in [2.45, 2.75) is 88.5 Å². The summed E-state index contributed by atoms with van der Waals surface area (Å²) in [6.45, 7) is 22.0. The van der Waals surface area contributed by atoms with Crippen LogP contribution in [-0.2, 0) is 0 Å². The van der Waals surface area contributed by atoms with Crippen LogP contribution in [0.2, 0.25) is 26.2 Å². The summed E-state index contributed by atoms with van der Waals surface area (Å²) >= 11 is -1.95. The third-order valence-corrected chi connectivity index (χ3v) is 19.7. The molecule has 104 valence electrons. The minimum absolute atomic E-state index is 0.333. The van der Waals surface area contributed by atoms with Gasteiger partial charge in [0.15, 0.2) is 0 Å². The Hall–Kier alpha value is 1.46. The molecule has 0 bridgehead atoms. The Kier molecular flexibility index (Phi) is 8.92. The molecule has 0 aromatic carbocycles. The van der Waals surface area contributed by atoms with Gasteiger partial charge in [-0.3, -0.25) is 0 Å². The summed E-state index contributed by atoms with van der Waals surface area (Å²) in [5.74, 6) is 7.00. The molecule has 0 heterocycles. The molecule has 0 rings (SSSR count). The zero-order chi connectivity index (χ0) is 14.7. The van der Waals surface area contributed by atoms with Crippen LogP contribution < -0.4 is 0 Å². The van der Waals surface area contributed by atoms with E-state index in [0.717, 1.165) is 0 Å². The van der Waals surface area contributed by atoms with Gasteiger partial charge in [-0.15, -0.1) is 0 Å².